The van der Waals surface area contributed by atoms with Gasteiger partial charge in [0.25, 0.3) is 0 Å². The van der Waals surface area contributed by atoms with Crippen LogP contribution in [0.15, 0.2) is 42.5 Å². The third-order valence-corrected chi connectivity index (χ3v) is 2.64. The maximum atomic E-state index is 9.03. The SMILES string of the molecule is CCOc1cccc(Oc2cc(Cl)ccc2C#N)c1. The van der Waals surface area contributed by atoms with Gasteiger partial charge in [0, 0.05) is 17.2 Å². The number of nitrogens with zero attached hydrogens (tertiary/aromatic N) is 1. The van der Waals surface area contributed by atoms with E-state index in [1.165, 1.54) is 0 Å². The van der Waals surface area contributed by atoms with Crippen LogP contribution in [0.1, 0.15) is 12.5 Å². The summed E-state index contributed by atoms with van der Waals surface area (Å²) < 4.78 is 11.1. The molecule has 0 aliphatic carbocycles. The Hall–Kier alpha value is -2.18. The van der Waals surface area contributed by atoms with E-state index in [4.69, 9.17) is 26.3 Å². The standard InChI is InChI=1S/C15H12ClNO2/c1-2-18-13-4-3-5-14(9-13)19-15-8-12(16)7-6-11(15)10-17/h3-9H,2H2,1H3. The molecule has 2 aromatic carbocycles. The van der Waals surface area contributed by atoms with Crippen molar-refractivity contribution in [2.75, 3.05) is 6.61 Å². The number of hydrogen-bond donors (Lipinski definition) is 0. The molecule has 0 radical (unpaired) electrons. The zero-order valence-corrected chi connectivity index (χ0v) is 11.1. The van der Waals surface area contributed by atoms with Gasteiger partial charge in [0.15, 0.2) is 0 Å². The smallest absolute Gasteiger partial charge is 0.146 e. The van der Waals surface area contributed by atoms with Crippen molar-refractivity contribution in [1.29, 1.82) is 5.26 Å². The molecule has 0 N–H and O–H groups in total. The maximum Gasteiger partial charge on any atom is 0.146 e. The Balaban J connectivity index is 2.28. The molecule has 0 aromatic heterocycles. The fraction of sp³-hybridized carbons (Fsp3) is 0.133. The van der Waals surface area contributed by atoms with Crippen LogP contribution in [0, 0.1) is 11.3 Å². The van der Waals surface area contributed by atoms with E-state index in [1.54, 1.807) is 30.3 Å². The summed E-state index contributed by atoms with van der Waals surface area (Å²) >= 11 is 5.91. The summed E-state index contributed by atoms with van der Waals surface area (Å²) in [5.41, 5.74) is 0.436. The molecule has 0 fully saturated rings. The largest absolute Gasteiger partial charge is 0.494 e. The van der Waals surface area contributed by atoms with Gasteiger partial charge in [-0.1, -0.05) is 17.7 Å². The van der Waals surface area contributed by atoms with Crippen LogP contribution >= 0.6 is 11.6 Å². The molecule has 0 amide bonds. The highest BCUT2D eigenvalue weighted by Gasteiger charge is 2.06. The summed E-state index contributed by atoms with van der Waals surface area (Å²) in [5.74, 6) is 1.76. The molecule has 3 nitrogen and oxygen atoms in total. The summed E-state index contributed by atoms with van der Waals surface area (Å²) in [6, 6.07) is 14.2. The van der Waals surface area contributed by atoms with Gasteiger partial charge >= 0.3 is 0 Å². The van der Waals surface area contributed by atoms with Gasteiger partial charge in [-0.25, -0.2) is 0 Å². The predicted octanol–water partition coefficient (Wildman–Crippen LogP) is 4.40. The molecule has 96 valence electrons. The van der Waals surface area contributed by atoms with E-state index in [0.29, 0.717) is 28.7 Å². The van der Waals surface area contributed by atoms with E-state index < -0.39 is 0 Å². The van der Waals surface area contributed by atoms with Crippen LogP contribution in [0.25, 0.3) is 0 Å². The van der Waals surface area contributed by atoms with E-state index in [2.05, 4.69) is 6.07 Å². The first-order valence-corrected chi connectivity index (χ1v) is 6.21. The Morgan fingerprint density at radius 1 is 1.16 bits per heavy atom. The Kier molecular flexibility index (Phi) is 4.27. The summed E-state index contributed by atoms with van der Waals surface area (Å²) in [6.07, 6.45) is 0. The number of rotatable bonds is 4. The van der Waals surface area contributed by atoms with Crippen molar-refractivity contribution >= 4 is 11.6 Å². The molecule has 0 heterocycles. The average Bonchev–Trinajstić information content (AvgIpc) is 2.40. The summed E-state index contributed by atoms with van der Waals surface area (Å²) in [7, 11) is 0. The highest BCUT2D eigenvalue weighted by atomic mass is 35.5. The monoisotopic (exact) mass is 273 g/mol. The number of ether oxygens (including phenoxy) is 2. The molecule has 2 rings (SSSR count). The van der Waals surface area contributed by atoms with Crippen molar-refractivity contribution < 1.29 is 9.47 Å². The lowest BCUT2D eigenvalue weighted by atomic mass is 10.2. The van der Waals surface area contributed by atoms with Gasteiger partial charge in [0.1, 0.15) is 23.3 Å². The molecule has 0 spiro atoms. The number of benzene rings is 2. The molecule has 2 aromatic rings. The second-order valence-electron chi connectivity index (χ2n) is 3.76. The van der Waals surface area contributed by atoms with E-state index in [0.717, 1.165) is 5.75 Å². The molecule has 19 heavy (non-hydrogen) atoms. The minimum atomic E-state index is 0.434. The van der Waals surface area contributed by atoms with Crippen LogP contribution in [-0.2, 0) is 0 Å². The van der Waals surface area contributed by atoms with Gasteiger partial charge in [-0.15, -0.1) is 0 Å². The second kappa shape index (κ2) is 6.12. The summed E-state index contributed by atoms with van der Waals surface area (Å²) in [4.78, 5) is 0. The van der Waals surface area contributed by atoms with Gasteiger partial charge in [0.2, 0.25) is 0 Å². The zero-order valence-electron chi connectivity index (χ0n) is 10.4. The second-order valence-corrected chi connectivity index (χ2v) is 4.20. The van der Waals surface area contributed by atoms with E-state index in [1.807, 2.05) is 19.1 Å². The van der Waals surface area contributed by atoms with Gasteiger partial charge in [0.05, 0.1) is 12.2 Å². The topological polar surface area (TPSA) is 42.2 Å². The molecule has 0 atom stereocenters. The van der Waals surface area contributed by atoms with E-state index in [-0.39, 0.29) is 0 Å². The first-order valence-electron chi connectivity index (χ1n) is 5.83. The molecule has 0 aliphatic rings. The van der Waals surface area contributed by atoms with Crippen molar-refractivity contribution in [3.63, 3.8) is 0 Å². The Bertz CT molecular complexity index is 620. The lowest BCUT2D eigenvalue weighted by Gasteiger charge is -2.09. The average molecular weight is 274 g/mol. The fourth-order valence-electron chi connectivity index (χ4n) is 1.59. The van der Waals surface area contributed by atoms with Crippen LogP contribution in [0.2, 0.25) is 5.02 Å². The minimum absolute atomic E-state index is 0.434. The number of hydrogen-bond acceptors (Lipinski definition) is 3. The van der Waals surface area contributed by atoms with Crippen LogP contribution < -0.4 is 9.47 Å². The Morgan fingerprint density at radius 2 is 1.95 bits per heavy atom. The Morgan fingerprint density at radius 3 is 2.68 bits per heavy atom. The summed E-state index contributed by atoms with van der Waals surface area (Å²) in [5, 5.41) is 9.55. The van der Waals surface area contributed by atoms with Gasteiger partial charge < -0.3 is 9.47 Å². The van der Waals surface area contributed by atoms with E-state index >= 15 is 0 Å². The maximum absolute atomic E-state index is 9.03. The Labute approximate surface area is 117 Å². The van der Waals surface area contributed by atoms with Crippen molar-refractivity contribution in [2.45, 2.75) is 6.92 Å². The van der Waals surface area contributed by atoms with Gasteiger partial charge in [-0.05, 0) is 31.2 Å². The molecule has 0 saturated heterocycles. The number of nitriles is 1. The van der Waals surface area contributed by atoms with Gasteiger partial charge in [-0.2, -0.15) is 5.26 Å². The highest BCUT2D eigenvalue weighted by Crippen LogP contribution is 2.29. The third kappa shape index (κ3) is 3.40. The zero-order chi connectivity index (χ0) is 13.7. The molecule has 0 saturated carbocycles. The van der Waals surface area contributed by atoms with Crippen molar-refractivity contribution in [2.24, 2.45) is 0 Å². The molecule has 0 aliphatic heterocycles. The lowest BCUT2D eigenvalue weighted by molar-refractivity contribution is 0.338. The molecule has 0 bridgehead atoms. The minimum Gasteiger partial charge on any atom is -0.494 e. The van der Waals surface area contributed by atoms with Crippen LogP contribution in [0.4, 0.5) is 0 Å². The molecular weight excluding hydrogens is 262 g/mol. The quantitative estimate of drug-likeness (QED) is 0.829. The molecular formula is C15H12ClNO2. The van der Waals surface area contributed by atoms with Gasteiger partial charge in [-0.3, -0.25) is 0 Å². The summed E-state index contributed by atoms with van der Waals surface area (Å²) in [6.45, 7) is 2.50. The lowest BCUT2D eigenvalue weighted by Crippen LogP contribution is -1.92. The fourth-order valence-corrected chi connectivity index (χ4v) is 1.76. The highest BCUT2D eigenvalue weighted by molar-refractivity contribution is 6.30. The van der Waals surface area contributed by atoms with Crippen LogP contribution in [-0.4, -0.2) is 6.61 Å². The van der Waals surface area contributed by atoms with Crippen molar-refractivity contribution in [3.8, 4) is 23.3 Å². The first-order chi connectivity index (χ1) is 9.22. The van der Waals surface area contributed by atoms with Crippen LogP contribution in [0.3, 0.4) is 0 Å². The van der Waals surface area contributed by atoms with Crippen molar-refractivity contribution in [1.82, 2.24) is 0 Å². The normalized spacial score (nSPS) is 9.74. The van der Waals surface area contributed by atoms with Crippen LogP contribution in [0.5, 0.6) is 17.2 Å². The molecule has 4 heteroatoms. The predicted molar refractivity (Wildman–Crippen MR) is 73.9 cm³/mol. The third-order valence-electron chi connectivity index (χ3n) is 2.41. The first kappa shape index (κ1) is 13.3. The van der Waals surface area contributed by atoms with E-state index in [9.17, 15) is 0 Å². The van der Waals surface area contributed by atoms with Crippen molar-refractivity contribution in [3.05, 3.63) is 53.1 Å². The molecule has 0 unspecified atom stereocenters. The number of halogens is 1.